The van der Waals surface area contributed by atoms with E-state index in [0.717, 1.165) is 24.0 Å². The van der Waals surface area contributed by atoms with Gasteiger partial charge in [-0.3, -0.25) is 0 Å². The number of nitrogens with one attached hydrogen (secondary N) is 1. The number of ether oxygens (including phenoxy) is 2. The van der Waals surface area contributed by atoms with Gasteiger partial charge in [0.2, 0.25) is 10.0 Å². The first kappa shape index (κ1) is 20.1. The maximum absolute atomic E-state index is 12.8. The van der Waals surface area contributed by atoms with Gasteiger partial charge in [-0.25, -0.2) is 13.1 Å². The van der Waals surface area contributed by atoms with Gasteiger partial charge in [0.05, 0.1) is 40.4 Å². The molecule has 28 heavy (non-hydrogen) atoms. The second-order valence-electron chi connectivity index (χ2n) is 7.10. The molecule has 1 aliphatic carbocycles. The van der Waals surface area contributed by atoms with Crippen molar-refractivity contribution < 1.29 is 17.9 Å². The summed E-state index contributed by atoms with van der Waals surface area (Å²) in [6, 6.07) is 11.9. The Morgan fingerprint density at radius 3 is 2.25 bits per heavy atom. The summed E-state index contributed by atoms with van der Waals surface area (Å²) in [5.74, 6) is 0. The lowest BCUT2D eigenvalue weighted by Gasteiger charge is -2.38. The van der Waals surface area contributed by atoms with E-state index in [4.69, 9.17) is 32.7 Å². The molecule has 3 atom stereocenters. The first-order valence-corrected chi connectivity index (χ1v) is 11.5. The maximum atomic E-state index is 12.8. The SMILES string of the molecule is O=S(=O)(N[C@@H]1CC[C@@H]2OCCO[C@@H]2C1)c1ccc(-c2ccc(Cl)c(Cl)c2)cc1. The molecule has 1 saturated carbocycles. The summed E-state index contributed by atoms with van der Waals surface area (Å²) >= 11 is 12.0. The van der Waals surface area contributed by atoms with Crippen LogP contribution < -0.4 is 4.72 Å². The van der Waals surface area contributed by atoms with Gasteiger partial charge >= 0.3 is 0 Å². The monoisotopic (exact) mass is 441 g/mol. The fourth-order valence-corrected chi connectivity index (χ4v) is 5.34. The van der Waals surface area contributed by atoms with Crippen LogP contribution >= 0.6 is 23.2 Å². The van der Waals surface area contributed by atoms with Crippen LogP contribution in [-0.4, -0.2) is 39.9 Å². The Hall–Kier alpha value is -1.15. The fourth-order valence-electron chi connectivity index (χ4n) is 3.76. The van der Waals surface area contributed by atoms with E-state index in [-0.39, 0.29) is 23.1 Å². The minimum absolute atomic E-state index is 0.0350. The molecular formula is C20H21Cl2NO4S. The van der Waals surface area contributed by atoms with Crippen LogP contribution in [0, 0.1) is 0 Å². The van der Waals surface area contributed by atoms with Crippen molar-refractivity contribution in [3.63, 3.8) is 0 Å². The summed E-state index contributed by atoms with van der Waals surface area (Å²) in [7, 11) is -3.61. The van der Waals surface area contributed by atoms with E-state index in [1.54, 1.807) is 36.4 Å². The second-order valence-corrected chi connectivity index (χ2v) is 9.63. The third-order valence-corrected chi connectivity index (χ3v) is 7.49. The van der Waals surface area contributed by atoms with Crippen LogP contribution in [0.25, 0.3) is 11.1 Å². The number of hydrogen-bond donors (Lipinski definition) is 1. The predicted octanol–water partition coefficient (Wildman–Crippen LogP) is 4.28. The Morgan fingerprint density at radius 1 is 0.857 bits per heavy atom. The van der Waals surface area contributed by atoms with Gasteiger partial charge in [0.1, 0.15) is 0 Å². The number of benzene rings is 2. The topological polar surface area (TPSA) is 64.6 Å². The molecule has 1 heterocycles. The van der Waals surface area contributed by atoms with Gasteiger partial charge in [-0.1, -0.05) is 41.4 Å². The molecule has 1 aliphatic heterocycles. The van der Waals surface area contributed by atoms with E-state index in [1.807, 2.05) is 6.07 Å². The zero-order valence-corrected chi connectivity index (χ0v) is 17.4. The molecule has 2 aromatic carbocycles. The van der Waals surface area contributed by atoms with Crippen molar-refractivity contribution in [2.24, 2.45) is 0 Å². The van der Waals surface area contributed by atoms with Crippen LogP contribution in [0.2, 0.25) is 10.0 Å². The normalized spacial score (nSPS) is 25.3. The molecule has 150 valence electrons. The molecule has 8 heteroatoms. The number of rotatable bonds is 4. The molecule has 2 aliphatic rings. The summed E-state index contributed by atoms with van der Waals surface area (Å²) < 4.78 is 39.8. The summed E-state index contributed by atoms with van der Waals surface area (Å²) in [6.07, 6.45) is 2.22. The summed E-state index contributed by atoms with van der Waals surface area (Å²) in [5, 5.41) is 0.943. The van der Waals surface area contributed by atoms with E-state index in [1.165, 1.54) is 0 Å². The first-order chi connectivity index (χ1) is 13.4. The number of fused-ring (bicyclic) bond motifs is 1. The third kappa shape index (κ3) is 4.37. The van der Waals surface area contributed by atoms with Crippen molar-refractivity contribution in [1.82, 2.24) is 4.72 Å². The van der Waals surface area contributed by atoms with Crippen LogP contribution in [-0.2, 0) is 19.5 Å². The highest BCUT2D eigenvalue weighted by molar-refractivity contribution is 7.89. The van der Waals surface area contributed by atoms with Gasteiger partial charge in [-0.2, -0.15) is 0 Å². The highest BCUT2D eigenvalue weighted by atomic mass is 35.5. The summed E-state index contributed by atoms with van der Waals surface area (Å²) in [5.41, 5.74) is 1.74. The lowest BCUT2D eigenvalue weighted by molar-refractivity contribution is -0.156. The molecule has 0 unspecified atom stereocenters. The quantitative estimate of drug-likeness (QED) is 0.768. The molecule has 1 saturated heterocycles. The molecule has 0 aromatic heterocycles. The van der Waals surface area contributed by atoms with Crippen molar-refractivity contribution in [2.45, 2.75) is 42.4 Å². The Balaban J connectivity index is 1.46. The standard InChI is InChI=1S/C20H21Cl2NO4S/c21-17-7-3-14(11-18(17)22)13-1-5-16(6-2-13)28(24,25)23-15-4-8-19-20(12-15)27-10-9-26-19/h1-3,5-7,11,15,19-20,23H,4,8-10,12H2/t15-,19+,20-/m1/s1. The smallest absolute Gasteiger partial charge is 0.240 e. The fraction of sp³-hybridized carbons (Fsp3) is 0.400. The lowest BCUT2D eigenvalue weighted by Crippen LogP contribution is -2.49. The van der Waals surface area contributed by atoms with Crippen LogP contribution in [0.5, 0.6) is 0 Å². The van der Waals surface area contributed by atoms with Crippen molar-refractivity contribution >= 4 is 33.2 Å². The molecule has 0 radical (unpaired) electrons. The molecule has 2 aromatic rings. The van der Waals surface area contributed by atoms with Crippen LogP contribution in [0.15, 0.2) is 47.4 Å². The zero-order chi connectivity index (χ0) is 19.7. The molecular weight excluding hydrogens is 421 g/mol. The Kier molecular flexibility index (Phi) is 5.97. The van der Waals surface area contributed by atoms with E-state index in [2.05, 4.69) is 4.72 Å². The van der Waals surface area contributed by atoms with E-state index in [0.29, 0.717) is 29.7 Å². The lowest BCUT2D eigenvalue weighted by atomic mass is 9.90. The van der Waals surface area contributed by atoms with Gasteiger partial charge in [0, 0.05) is 6.04 Å². The summed E-state index contributed by atoms with van der Waals surface area (Å²) in [6.45, 7) is 1.18. The minimum atomic E-state index is -3.61. The maximum Gasteiger partial charge on any atom is 0.240 e. The number of sulfonamides is 1. The number of halogens is 2. The Labute approximate surface area is 175 Å². The zero-order valence-electron chi connectivity index (χ0n) is 15.1. The summed E-state index contributed by atoms with van der Waals surface area (Å²) in [4.78, 5) is 0.235. The highest BCUT2D eigenvalue weighted by Gasteiger charge is 2.35. The molecule has 4 rings (SSSR count). The predicted molar refractivity (Wildman–Crippen MR) is 109 cm³/mol. The molecule has 1 N–H and O–H groups in total. The molecule has 0 spiro atoms. The average molecular weight is 442 g/mol. The van der Waals surface area contributed by atoms with Crippen LogP contribution in [0.3, 0.4) is 0 Å². The van der Waals surface area contributed by atoms with Gasteiger partial charge in [0.25, 0.3) is 0 Å². The van der Waals surface area contributed by atoms with Crippen LogP contribution in [0.4, 0.5) is 0 Å². The molecule has 2 fully saturated rings. The van der Waals surface area contributed by atoms with Gasteiger partial charge < -0.3 is 9.47 Å². The van der Waals surface area contributed by atoms with Crippen molar-refractivity contribution in [1.29, 1.82) is 0 Å². The van der Waals surface area contributed by atoms with Gasteiger partial charge in [-0.05, 0) is 54.7 Å². The molecule has 0 amide bonds. The van der Waals surface area contributed by atoms with Crippen molar-refractivity contribution in [3.05, 3.63) is 52.5 Å². The second kappa shape index (κ2) is 8.30. The Bertz CT molecular complexity index is 949. The highest BCUT2D eigenvalue weighted by Crippen LogP contribution is 2.30. The van der Waals surface area contributed by atoms with Crippen LogP contribution in [0.1, 0.15) is 19.3 Å². The van der Waals surface area contributed by atoms with Crippen molar-refractivity contribution in [2.75, 3.05) is 13.2 Å². The van der Waals surface area contributed by atoms with E-state index in [9.17, 15) is 8.42 Å². The minimum Gasteiger partial charge on any atom is -0.373 e. The molecule has 0 bridgehead atoms. The van der Waals surface area contributed by atoms with Crippen molar-refractivity contribution in [3.8, 4) is 11.1 Å². The van der Waals surface area contributed by atoms with Gasteiger partial charge in [-0.15, -0.1) is 0 Å². The van der Waals surface area contributed by atoms with Gasteiger partial charge in [0.15, 0.2) is 0 Å². The largest absolute Gasteiger partial charge is 0.373 e. The first-order valence-electron chi connectivity index (χ1n) is 9.23. The third-order valence-electron chi connectivity index (χ3n) is 5.22. The molecule has 5 nitrogen and oxygen atoms in total. The number of hydrogen-bond acceptors (Lipinski definition) is 4. The Morgan fingerprint density at radius 2 is 1.54 bits per heavy atom. The van der Waals surface area contributed by atoms with E-state index < -0.39 is 10.0 Å². The van der Waals surface area contributed by atoms with E-state index >= 15 is 0 Å². The average Bonchev–Trinajstić information content (AvgIpc) is 2.70.